The largest absolute Gasteiger partial charge is 0.469 e. The van der Waals surface area contributed by atoms with Gasteiger partial charge in [0.15, 0.2) is 0 Å². The Bertz CT molecular complexity index is 1010. The van der Waals surface area contributed by atoms with E-state index < -0.39 is 71.3 Å². The minimum absolute atomic E-state index is 0.0273. The first-order chi connectivity index (χ1) is 18.2. The van der Waals surface area contributed by atoms with Crippen molar-refractivity contribution in [3.8, 4) is 0 Å². The van der Waals surface area contributed by atoms with Crippen LogP contribution in [0.25, 0.3) is 0 Å². The van der Waals surface area contributed by atoms with Gasteiger partial charge in [0, 0.05) is 19.9 Å². The van der Waals surface area contributed by atoms with Crippen LogP contribution in [0.5, 0.6) is 0 Å². The van der Waals surface area contributed by atoms with E-state index in [1.54, 1.807) is 13.8 Å². The van der Waals surface area contributed by atoms with E-state index in [2.05, 4.69) is 25.4 Å². The molecule has 1 rings (SSSR count). The molecule has 14 heteroatoms. The SMILES string of the molecule is COC(=O)CCC(=O)N[C@@H](C)C(=O)N[C@@H](C)C(=O)N1CCC[C@H]1C(=O)N/C(=C(/OC(C)=O)C(=O)OC)C(C)C. The average molecular weight is 555 g/mol. The lowest BCUT2D eigenvalue weighted by molar-refractivity contribution is -0.149. The van der Waals surface area contributed by atoms with Crippen molar-refractivity contribution >= 4 is 41.5 Å². The quantitative estimate of drug-likeness (QED) is 0.125. The Balaban J connectivity index is 2.91. The fraction of sp³-hybridized carbons (Fsp3) is 0.640. The lowest BCUT2D eigenvalue weighted by Gasteiger charge is -2.28. The van der Waals surface area contributed by atoms with Crippen LogP contribution in [0, 0.1) is 5.92 Å². The first-order valence-electron chi connectivity index (χ1n) is 12.5. The highest BCUT2D eigenvalue weighted by Crippen LogP contribution is 2.21. The smallest absolute Gasteiger partial charge is 0.375 e. The van der Waals surface area contributed by atoms with E-state index in [4.69, 9.17) is 4.74 Å². The summed E-state index contributed by atoms with van der Waals surface area (Å²) in [4.78, 5) is 87.0. The number of amides is 4. The predicted octanol–water partition coefficient (Wildman–Crippen LogP) is -0.340. The van der Waals surface area contributed by atoms with E-state index in [0.29, 0.717) is 12.8 Å². The van der Waals surface area contributed by atoms with Gasteiger partial charge in [-0.2, -0.15) is 0 Å². The molecular formula is C25H38N4O10. The van der Waals surface area contributed by atoms with Crippen molar-refractivity contribution in [2.24, 2.45) is 5.92 Å². The van der Waals surface area contributed by atoms with Gasteiger partial charge >= 0.3 is 17.9 Å². The normalized spacial score (nSPS) is 16.8. The molecule has 218 valence electrons. The van der Waals surface area contributed by atoms with Gasteiger partial charge in [-0.15, -0.1) is 0 Å². The lowest BCUT2D eigenvalue weighted by Crippen LogP contribution is -2.55. The highest BCUT2D eigenvalue weighted by atomic mass is 16.6. The van der Waals surface area contributed by atoms with Gasteiger partial charge in [-0.25, -0.2) is 4.79 Å². The lowest BCUT2D eigenvalue weighted by atomic mass is 10.1. The Morgan fingerprint density at radius 2 is 1.54 bits per heavy atom. The Labute approximate surface area is 227 Å². The maximum Gasteiger partial charge on any atom is 0.375 e. The van der Waals surface area contributed by atoms with Crippen LogP contribution in [0.4, 0.5) is 0 Å². The Morgan fingerprint density at radius 3 is 2.08 bits per heavy atom. The standard InChI is InChI=1S/C25H38N4O10/c1-13(2)20(21(25(36)38-7)39-16(5)30)28-23(34)17-9-8-12-29(17)24(35)15(4)27-22(33)14(3)26-18(31)10-11-19(32)37-6/h13-15,17H,8-12H2,1-7H3,(H,26,31)(H,27,33)(H,28,34)/b21-20+/t14-,15-,17-/m0/s1. The average Bonchev–Trinajstić information content (AvgIpc) is 3.37. The second-order valence-electron chi connectivity index (χ2n) is 9.26. The van der Waals surface area contributed by atoms with E-state index in [1.807, 2.05) is 0 Å². The van der Waals surface area contributed by atoms with Crippen LogP contribution in [0.1, 0.15) is 60.3 Å². The minimum atomic E-state index is -1.02. The summed E-state index contributed by atoms with van der Waals surface area (Å²) in [5, 5.41) is 7.57. The molecule has 0 spiro atoms. The molecule has 1 aliphatic heterocycles. The number of hydrogen-bond donors (Lipinski definition) is 3. The first kappa shape index (κ1) is 33.1. The zero-order chi connectivity index (χ0) is 29.9. The minimum Gasteiger partial charge on any atom is -0.469 e. The molecular weight excluding hydrogens is 516 g/mol. The van der Waals surface area contributed by atoms with Crippen LogP contribution in [-0.4, -0.2) is 85.3 Å². The third-order valence-corrected chi connectivity index (χ3v) is 5.82. The second-order valence-corrected chi connectivity index (χ2v) is 9.26. The summed E-state index contributed by atoms with van der Waals surface area (Å²) in [5.41, 5.74) is 0.0273. The van der Waals surface area contributed by atoms with Gasteiger partial charge in [0.25, 0.3) is 0 Å². The highest BCUT2D eigenvalue weighted by molar-refractivity contribution is 5.96. The summed E-state index contributed by atoms with van der Waals surface area (Å²) in [5.74, 6) is -5.46. The molecule has 3 N–H and O–H groups in total. The number of allylic oxidation sites excluding steroid dienone is 1. The number of esters is 3. The van der Waals surface area contributed by atoms with E-state index in [9.17, 15) is 33.6 Å². The zero-order valence-electron chi connectivity index (χ0n) is 23.4. The van der Waals surface area contributed by atoms with Gasteiger partial charge in [-0.1, -0.05) is 13.8 Å². The molecule has 0 bridgehead atoms. The number of hydrogen-bond acceptors (Lipinski definition) is 10. The van der Waals surface area contributed by atoms with Gasteiger partial charge < -0.3 is 35.1 Å². The molecule has 1 fully saturated rings. The summed E-state index contributed by atoms with van der Waals surface area (Å²) in [6, 6.07) is -2.91. The zero-order valence-corrected chi connectivity index (χ0v) is 23.4. The van der Waals surface area contributed by atoms with Gasteiger partial charge in [-0.05, 0) is 32.6 Å². The fourth-order valence-electron chi connectivity index (χ4n) is 3.77. The van der Waals surface area contributed by atoms with Crippen LogP contribution in [-0.2, 0) is 47.8 Å². The number of carbonyl (C=O) groups excluding carboxylic acids is 7. The number of rotatable bonds is 12. The number of nitrogens with one attached hydrogen (secondary N) is 3. The summed E-state index contributed by atoms with van der Waals surface area (Å²) < 4.78 is 14.1. The third kappa shape index (κ3) is 10.0. The molecule has 1 saturated heterocycles. The molecule has 0 radical (unpaired) electrons. The van der Waals surface area contributed by atoms with Gasteiger partial charge in [-0.3, -0.25) is 28.8 Å². The molecule has 0 aliphatic carbocycles. The molecule has 0 unspecified atom stereocenters. The Morgan fingerprint density at radius 1 is 0.897 bits per heavy atom. The predicted molar refractivity (Wildman–Crippen MR) is 135 cm³/mol. The molecule has 0 aromatic heterocycles. The number of methoxy groups -OCH3 is 2. The summed E-state index contributed by atoms with van der Waals surface area (Å²) in [6.07, 6.45) is 0.550. The Hall–Kier alpha value is -3.97. The summed E-state index contributed by atoms with van der Waals surface area (Å²) >= 11 is 0. The van der Waals surface area contributed by atoms with Gasteiger partial charge in [0.1, 0.15) is 18.1 Å². The van der Waals surface area contributed by atoms with Crippen LogP contribution >= 0.6 is 0 Å². The summed E-state index contributed by atoms with van der Waals surface area (Å²) in [7, 11) is 2.30. The van der Waals surface area contributed by atoms with Crippen LogP contribution in [0.3, 0.4) is 0 Å². The second kappa shape index (κ2) is 15.4. The van der Waals surface area contributed by atoms with E-state index in [-0.39, 0.29) is 25.1 Å². The van der Waals surface area contributed by atoms with Crippen molar-refractivity contribution in [3.63, 3.8) is 0 Å². The first-order valence-corrected chi connectivity index (χ1v) is 12.5. The van der Waals surface area contributed by atoms with Crippen molar-refractivity contribution in [3.05, 3.63) is 11.5 Å². The molecule has 14 nitrogen and oxygen atoms in total. The maximum atomic E-state index is 13.2. The van der Waals surface area contributed by atoms with E-state index in [0.717, 1.165) is 14.0 Å². The molecule has 1 heterocycles. The molecule has 0 aromatic carbocycles. The fourth-order valence-corrected chi connectivity index (χ4v) is 3.77. The van der Waals surface area contributed by atoms with E-state index in [1.165, 1.54) is 25.9 Å². The number of ether oxygens (including phenoxy) is 3. The van der Waals surface area contributed by atoms with Crippen molar-refractivity contribution in [2.75, 3.05) is 20.8 Å². The van der Waals surface area contributed by atoms with Crippen LogP contribution < -0.4 is 16.0 Å². The molecule has 3 atom stereocenters. The number of carbonyl (C=O) groups is 7. The van der Waals surface area contributed by atoms with Crippen molar-refractivity contribution in [1.29, 1.82) is 0 Å². The summed E-state index contributed by atoms with van der Waals surface area (Å²) in [6.45, 7) is 7.58. The molecule has 4 amide bonds. The van der Waals surface area contributed by atoms with Crippen LogP contribution in [0.15, 0.2) is 11.5 Å². The van der Waals surface area contributed by atoms with Gasteiger partial charge in [0.2, 0.25) is 29.4 Å². The van der Waals surface area contributed by atoms with Crippen molar-refractivity contribution in [1.82, 2.24) is 20.9 Å². The van der Waals surface area contributed by atoms with Crippen molar-refractivity contribution in [2.45, 2.75) is 78.4 Å². The maximum absolute atomic E-state index is 13.2. The van der Waals surface area contributed by atoms with Crippen LogP contribution in [0.2, 0.25) is 0 Å². The number of likely N-dealkylation sites (tertiary alicyclic amines) is 1. The number of nitrogens with zero attached hydrogens (tertiary/aromatic N) is 1. The molecule has 0 aromatic rings. The molecule has 0 saturated carbocycles. The molecule has 1 aliphatic rings. The topological polar surface area (TPSA) is 187 Å². The van der Waals surface area contributed by atoms with Crippen molar-refractivity contribution < 1.29 is 47.8 Å². The monoisotopic (exact) mass is 554 g/mol. The van der Waals surface area contributed by atoms with E-state index >= 15 is 0 Å². The highest BCUT2D eigenvalue weighted by Gasteiger charge is 2.38. The molecule has 39 heavy (non-hydrogen) atoms. The third-order valence-electron chi connectivity index (χ3n) is 5.82. The Kier molecular flexibility index (Phi) is 13.1. The van der Waals surface area contributed by atoms with Gasteiger partial charge in [0.05, 0.1) is 26.3 Å².